The normalized spacial score (nSPS) is 11.9. The zero-order valence-electron chi connectivity index (χ0n) is 14.6. The van der Waals surface area contributed by atoms with Gasteiger partial charge in [0.1, 0.15) is 11.2 Å². The van der Waals surface area contributed by atoms with Crippen molar-refractivity contribution in [2.75, 3.05) is 0 Å². The van der Waals surface area contributed by atoms with Crippen molar-refractivity contribution in [3.05, 3.63) is 78.9 Å². The minimum Gasteiger partial charge on any atom is -0.457 e. The molecule has 1 heterocycles. The number of para-hydroxylation sites is 1. The van der Waals surface area contributed by atoms with E-state index < -0.39 is 0 Å². The van der Waals surface area contributed by atoms with Gasteiger partial charge in [-0.25, -0.2) is 0 Å². The van der Waals surface area contributed by atoms with E-state index in [0.717, 1.165) is 27.4 Å². The number of benzene rings is 5. The predicted molar refractivity (Wildman–Crippen MR) is 115 cm³/mol. The van der Waals surface area contributed by atoms with Gasteiger partial charge in [-0.15, -0.1) is 0 Å². The lowest BCUT2D eigenvalue weighted by atomic mass is 9.87. The largest absolute Gasteiger partial charge is 0.457 e. The first-order valence-electron chi connectivity index (χ1n) is 9.13. The molecule has 1 N–H and O–H groups in total. The van der Waals surface area contributed by atoms with Crippen LogP contribution in [-0.4, -0.2) is 12.5 Å². The van der Waals surface area contributed by atoms with E-state index in [-0.39, 0.29) is 7.48 Å². The van der Waals surface area contributed by atoms with Crippen LogP contribution in [0.5, 0.6) is 0 Å². The van der Waals surface area contributed by atoms with Gasteiger partial charge in [-0.2, -0.15) is 0 Å². The van der Waals surface area contributed by atoms with E-state index in [2.05, 4.69) is 66.7 Å². The summed E-state index contributed by atoms with van der Waals surface area (Å²) >= 11 is 0. The lowest BCUT2D eigenvalue weighted by Crippen LogP contribution is -2.12. The average molecular weight is 346 g/mol. The van der Waals surface area contributed by atoms with Gasteiger partial charge < -0.3 is 9.44 Å². The lowest BCUT2D eigenvalue weighted by molar-refractivity contribution is 0.613. The van der Waals surface area contributed by atoms with E-state index in [1.807, 2.05) is 12.1 Å². The summed E-state index contributed by atoms with van der Waals surface area (Å²) in [5.41, 5.74) is 2.46. The Morgan fingerprint density at radius 3 is 1.74 bits per heavy atom. The molecule has 126 valence electrons. The van der Waals surface area contributed by atoms with Crippen molar-refractivity contribution in [3.8, 4) is 0 Å². The Bertz CT molecular complexity index is 1510. The number of hydrogen-bond donors (Lipinski definition) is 1. The van der Waals surface area contributed by atoms with Crippen LogP contribution in [0.15, 0.2) is 83.3 Å². The first-order valence-corrected chi connectivity index (χ1v) is 9.13. The van der Waals surface area contributed by atoms with Gasteiger partial charge in [-0.1, -0.05) is 66.7 Å². The summed E-state index contributed by atoms with van der Waals surface area (Å²) in [6.45, 7) is 0. The second-order valence-electron chi connectivity index (χ2n) is 7.04. The summed E-state index contributed by atoms with van der Waals surface area (Å²) in [6, 6.07) is 27.5. The number of fused-ring (bicyclic) bond motifs is 9. The molecule has 0 aliphatic carbocycles. The topological polar surface area (TPSA) is 33.4 Å². The molecule has 1 aromatic heterocycles. The Morgan fingerprint density at radius 2 is 1.11 bits per heavy atom. The molecular weight excluding hydrogens is 331 g/mol. The highest BCUT2D eigenvalue weighted by atomic mass is 16.3. The molecule has 6 aromatic rings. The lowest BCUT2D eigenvalue weighted by Gasteiger charge is -2.10. The molecule has 0 saturated heterocycles. The van der Waals surface area contributed by atoms with Crippen LogP contribution in [0.4, 0.5) is 0 Å². The SMILES string of the molecule is OBc1cccc2c1oc1cc3c4ccccc4c4ccccc4c3cc12. The van der Waals surface area contributed by atoms with Crippen LogP contribution in [0.2, 0.25) is 0 Å². The van der Waals surface area contributed by atoms with Crippen molar-refractivity contribution in [2.45, 2.75) is 0 Å². The summed E-state index contributed by atoms with van der Waals surface area (Å²) in [5.74, 6) is 0. The molecule has 27 heavy (non-hydrogen) atoms. The molecule has 0 fully saturated rings. The Balaban J connectivity index is 1.91. The van der Waals surface area contributed by atoms with E-state index in [4.69, 9.17) is 4.42 Å². The summed E-state index contributed by atoms with van der Waals surface area (Å²) in [4.78, 5) is 0. The Kier molecular flexibility index (Phi) is 2.94. The van der Waals surface area contributed by atoms with E-state index in [0.29, 0.717) is 0 Å². The number of furan rings is 1. The van der Waals surface area contributed by atoms with Crippen LogP contribution in [0.1, 0.15) is 0 Å². The van der Waals surface area contributed by atoms with E-state index in [1.165, 1.54) is 32.3 Å². The van der Waals surface area contributed by atoms with E-state index >= 15 is 0 Å². The average Bonchev–Trinajstić information content (AvgIpc) is 3.10. The quantitative estimate of drug-likeness (QED) is 0.335. The van der Waals surface area contributed by atoms with Gasteiger partial charge in [-0.05, 0) is 49.9 Å². The van der Waals surface area contributed by atoms with Gasteiger partial charge in [-0.3, -0.25) is 0 Å². The van der Waals surface area contributed by atoms with Crippen molar-refractivity contribution >= 4 is 67.2 Å². The molecule has 0 radical (unpaired) electrons. The van der Waals surface area contributed by atoms with Gasteiger partial charge in [0.2, 0.25) is 0 Å². The molecule has 0 bridgehead atoms. The predicted octanol–water partition coefficient (Wildman–Crippen LogP) is 5.01. The molecule has 0 saturated carbocycles. The molecule has 0 unspecified atom stereocenters. The highest BCUT2D eigenvalue weighted by molar-refractivity contribution is 6.50. The molecule has 0 aliphatic heterocycles. The second kappa shape index (κ2) is 5.35. The van der Waals surface area contributed by atoms with Gasteiger partial charge in [0.15, 0.2) is 0 Å². The Hall–Kier alpha value is -3.30. The van der Waals surface area contributed by atoms with Crippen molar-refractivity contribution < 1.29 is 9.44 Å². The first-order chi connectivity index (χ1) is 13.3. The van der Waals surface area contributed by atoms with Crippen LogP contribution in [0.25, 0.3) is 54.3 Å². The van der Waals surface area contributed by atoms with Crippen LogP contribution in [0, 0.1) is 0 Å². The monoisotopic (exact) mass is 346 g/mol. The number of hydrogen-bond acceptors (Lipinski definition) is 2. The van der Waals surface area contributed by atoms with Crippen LogP contribution < -0.4 is 5.46 Å². The molecular formula is C24H15BO2. The second-order valence-corrected chi connectivity index (χ2v) is 7.04. The maximum Gasteiger partial charge on any atom is 0.308 e. The van der Waals surface area contributed by atoms with Crippen LogP contribution in [0.3, 0.4) is 0 Å². The molecule has 0 spiro atoms. The zero-order chi connectivity index (χ0) is 18.0. The standard InChI is InChI=1S/C24H15BO2/c26-25-22-11-5-10-18-21-12-19-16-8-3-1-6-14(16)15-7-2-4-9-17(15)20(19)13-23(21)27-24(18)22/h1-13,25-26H. The molecule has 0 amide bonds. The van der Waals surface area contributed by atoms with Crippen molar-refractivity contribution in [1.82, 2.24) is 0 Å². The van der Waals surface area contributed by atoms with Gasteiger partial charge >= 0.3 is 7.48 Å². The molecule has 6 rings (SSSR count). The zero-order valence-corrected chi connectivity index (χ0v) is 14.6. The molecule has 3 heteroatoms. The highest BCUT2D eigenvalue weighted by Gasteiger charge is 2.14. The Morgan fingerprint density at radius 1 is 0.556 bits per heavy atom. The third-order valence-electron chi connectivity index (χ3n) is 5.61. The summed E-state index contributed by atoms with van der Waals surface area (Å²) in [6.07, 6.45) is 0. The van der Waals surface area contributed by atoms with Crippen molar-refractivity contribution in [1.29, 1.82) is 0 Å². The highest BCUT2D eigenvalue weighted by Crippen LogP contribution is 2.39. The minimum absolute atomic E-state index is 0.0253. The van der Waals surface area contributed by atoms with Crippen molar-refractivity contribution in [2.24, 2.45) is 0 Å². The van der Waals surface area contributed by atoms with E-state index in [9.17, 15) is 5.02 Å². The third kappa shape index (κ3) is 1.95. The summed E-state index contributed by atoms with van der Waals surface area (Å²) in [7, 11) is -0.0253. The minimum atomic E-state index is -0.0253. The maximum atomic E-state index is 9.67. The van der Waals surface area contributed by atoms with Crippen LogP contribution in [-0.2, 0) is 0 Å². The summed E-state index contributed by atoms with van der Waals surface area (Å²) < 4.78 is 6.18. The molecule has 0 atom stereocenters. The van der Waals surface area contributed by atoms with E-state index in [1.54, 1.807) is 0 Å². The fraction of sp³-hybridized carbons (Fsp3) is 0. The van der Waals surface area contributed by atoms with Gasteiger partial charge in [0, 0.05) is 10.8 Å². The van der Waals surface area contributed by atoms with Crippen molar-refractivity contribution in [3.63, 3.8) is 0 Å². The maximum absolute atomic E-state index is 9.67. The van der Waals surface area contributed by atoms with Gasteiger partial charge in [0.05, 0.1) is 0 Å². The third-order valence-corrected chi connectivity index (χ3v) is 5.61. The summed E-state index contributed by atoms with van der Waals surface area (Å²) in [5, 5.41) is 19.2. The fourth-order valence-electron chi connectivity index (χ4n) is 4.38. The molecule has 2 nitrogen and oxygen atoms in total. The first kappa shape index (κ1) is 14.8. The number of rotatable bonds is 1. The smallest absolute Gasteiger partial charge is 0.308 e. The molecule has 0 aliphatic rings. The van der Waals surface area contributed by atoms with Gasteiger partial charge in [0.25, 0.3) is 0 Å². The fourth-order valence-corrected chi connectivity index (χ4v) is 4.38. The van der Waals surface area contributed by atoms with Crippen LogP contribution >= 0.6 is 0 Å². The molecule has 5 aromatic carbocycles. The Labute approximate surface area is 155 Å².